The fourth-order valence-corrected chi connectivity index (χ4v) is 2.87. The predicted octanol–water partition coefficient (Wildman–Crippen LogP) is 2.77. The van der Waals surface area contributed by atoms with Crippen molar-refractivity contribution in [2.45, 2.75) is 6.42 Å². The highest BCUT2D eigenvalue weighted by Gasteiger charge is 2.21. The Kier molecular flexibility index (Phi) is 6.00. The standard InChI is InChI=1S/C21H16FN3O4/c22-16-7-2-4-9-18(16)25(11-5-10-23)20(27)13-29-21(28)15-12-19(26)24-17-8-3-1-6-14(15)17/h1-4,6-9,12H,5,11,13H2,(H,24,26). The third-order valence-corrected chi connectivity index (χ3v) is 4.19. The van der Waals surface area contributed by atoms with Crippen molar-refractivity contribution in [2.75, 3.05) is 18.1 Å². The van der Waals surface area contributed by atoms with E-state index in [1.54, 1.807) is 30.3 Å². The van der Waals surface area contributed by atoms with Crippen molar-refractivity contribution < 1.29 is 18.7 Å². The van der Waals surface area contributed by atoms with Crippen molar-refractivity contribution in [1.82, 2.24) is 4.98 Å². The number of anilines is 1. The molecule has 0 atom stereocenters. The minimum absolute atomic E-state index is 0.00888. The topological polar surface area (TPSA) is 103 Å². The number of amides is 1. The molecule has 1 heterocycles. The minimum Gasteiger partial charge on any atom is -0.452 e. The normalized spacial score (nSPS) is 10.3. The lowest BCUT2D eigenvalue weighted by Crippen LogP contribution is -2.36. The Morgan fingerprint density at radius 3 is 2.62 bits per heavy atom. The SMILES string of the molecule is N#CCCN(C(=O)COC(=O)c1cc(=O)[nH]c2ccccc12)c1ccccc1F. The molecule has 7 nitrogen and oxygen atoms in total. The van der Waals surface area contributed by atoms with Gasteiger partial charge in [0.25, 0.3) is 5.91 Å². The van der Waals surface area contributed by atoms with Crippen LogP contribution in [-0.4, -0.2) is 30.0 Å². The molecule has 0 radical (unpaired) electrons. The molecule has 146 valence electrons. The van der Waals surface area contributed by atoms with Crippen molar-refractivity contribution in [3.8, 4) is 6.07 Å². The van der Waals surface area contributed by atoms with Gasteiger partial charge >= 0.3 is 5.97 Å². The molecule has 3 rings (SSSR count). The van der Waals surface area contributed by atoms with Crippen LogP contribution in [0.25, 0.3) is 10.9 Å². The van der Waals surface area contributed by atoms with E-state index in [2.05, 4.69) is 4.98 Å². The summed E-state index contributed by atoms with van der Waals surface area (Å²) in [6.07, 6.45) is -0.0211. The molecule has 0 unspecified atom stereocenters. The number of H-pyrrole nitrogens is 1. The molecule has 0 bridgehead atoms. The van der Waals surface area contributed by atoms with Crippen molar-refractivity contribution in [3.05, 3.63) is 76.3 Å². The summed E-state index contributed by atoms with van der Waals surface area (Å²) in [6.45, 7) is -0.721. The fourth-order valence-electron chi connectivity index (χ4n) is 2.87. The number of hydrogen-bond donors (Lipinski definition) is 1. The summed E-state index contributed by atoms with van der Waals surface area (Å²) in [5.41, 5.74) is -0.0127. The van der Waals surface area contributed by atoms with E-state index in [1.807, 2.05) is 6.07 Å². The maximum atomic E-state index is 14.1. The van der Waals surface area contributed by atoms with Crippen LogP contribution in [-0.2, 0) is 9.53 Å². The highest BCUT2D eigenvalue weighted by Crippen LogP contribution is 2.20. The molecule has 0 saturated heterocycles. The number of carbonyl (C=O) groups excluding carboxylic acids is 2. The molecule has 0 aliphatic carbocycles. The van der Waals surface area contributed by atoms with Gasteiger partial charge in [0.2, 0.25) is 5.56 Å². The number of nitrogens with zero attached hydrogens (tertiary/aromatic N) is 2. The van der Waals surface area contributed by atoms with E-state index in [0.29, 0.717) is 10.9 Å². The molecule has 29 heavy (non-hydrogen) atoms. The lowest BCUT2D eigenvalue weighted by atomic mass is 10.1. The van der Waals surface area contributed by atoms with Gasteiger partial charge in [-0.1, -0.05) is 30.3 Å². The first kappa shape index (κ1) is 19.8. The Morgan fingerprint density at radius 1 is 1.14 bits per heavy atom. The number of aromatic nitrogens is 1. The van der Waals surface area contributed by atoms with E-state index in [1.165, 1.54) is 18.2 Å². The first-order valence-electron chi connectivity index (χ1n) is 8.72. The number of rotatable bonds is 6. The number of carbonyl (C=O) groups is 2. The molecule has 3 aromatic rings. The Morgan fingerprint density at radius 2 is 1.86 bits per heavy atom. The summed E-state index contributed by atoms with van der Waals surface area (Å²) in [7, 11) is 0. The van der Waals surface area contributed by atoms with Gasteiger partial charge in [-0.25, -0.2) is 9.18 Å². The second-order valence-corrected chi connectivity index (χ2v) is 6.07. The van der Waals surface area contributed by atoms with Crippen molar-refractivity contribution in [1.29, 1.82) is 5.26 Å². The van der Waals surface area contributed by atoms with Crippen LogP contribution >= 0.6 is 0 Å². The molecule has 0 fully saturated rings. The Labute approximate surface area is 164 Å². The molecule has 0 aliphatic rings. The van der Waals surface area contributed by atoms with E-state index >= 15 is 0 Å². The first-order chi connectivity index (χ1) is 14.0. The number of esters is 1. The number of pyridine rings is 1. The van der Waals surface area contributed by atoms with Crippen LogP contribution in [0.4, 0.5) is 10.1 Å². The van der Waals surface area contributed by atoms with E-state index < -0.39 is 29.9 Å². The number of para-hydroxylation sites is 2. The number of fused-ring (bicyclic) bond motifs is 1. The highest BCUT2D eigenvalue weighted by molar-refractivity contribution is 6.04. The summed E-state index contributed by atoms with van der Waals surface area (Å²) in [5.74, 6) is -2.17. The number of nitrogens with one attached hydrogen (secondary N) is 1. The van der Waals surface area contributed by atoms with E-state index in [0.717, 1.165) is 11.0 Å². The van der Waals surface area contributed by atoms with Crippen LogP contribution in [0, 0.1) is 17.1 Å². The number of halogens is 1. The maximum Gasteiger partial charge on any atom is 0.339 e. The van der Waals surface area contributed by atoms with Gasteiger partial charge < -0.3 is 14.6 Å². The zero-order valence-electron chi connectivity index (χ0n) is 15.2. The second-order valence-electron chi connectivity index (χ2n) is 6.07. The molecular weight excluding hydrogens is 377 g/mol. The van der Waals surface area contributed by atoms with Crippen LogP contribution in [0.2, 0.25) is 0 Å². The monoisotopic (exact) mass is 393 g/mol. The first-order valence-corrected chi connectivity index (χ1v) is 8.72. The molecule has 8 heteroatoms. The van der Waals surface area contributed by atoms with Crippen molar-refractivity contribution in [2.24, 2.45) is 0 Å². The number of benzene rings is 2. The van der Waals surface area contributed by atoms with Gasteiger partial charge in [-0.05, 0) is 18.2 Å². The third kappa shape index (κ3) is 4.47. The maximum absolute atomic E-state index is 14.1. The van der Waals surface area contributed by atoms with E-state index in [4.69, 9.17) is 10.00 Å². The average molecular weight is 393 g/mol. The van der Waals surface area contributed by atoms with Crippen LogP contribution in [0.1, 0.15) is 16.8 Å². The van der Waals surface area contributed by atoms with Gasteiger partial charge in [0.15, 0.2) is 6.61 Å². The average Bonchev–Trinajstić information content (AvgIpc) is 2.72. The van der Waals surface area contributed by atoms with Gasteiger partial charge in [0.05, 0.1) is 23.7 Å². The summed E-state index contributed by atoms with van der Waals surface area (Å²) in [6, 6.07) is 15.3. The predicted molar refractivity (Wildman–Crippen MR) is 104 cm³/mol. The lowest BCUT2D eigenvalue weighted by molar-refractivity contribution is -0.121. The van der Waals surface area contributed by atoms with Crippen LogP contribution in [0.15, 0.2) is 59.4 Å². The van der Waals surface area contributed by atoms with Crippen LogP contribution in [0.5, 0.6) is 0 Å². The van der Waals surface area contributed by atoms with Gasteiger partial charge in [-0.15, -0.1) is 0 Å². The Hall–Kier alpha value is -3.99. The molecule has 0 spiro atoms. The molecule has 1 aromatic heterocycles. The summed E-state index contributed by atoms with van der Waals surface area (Å²) < 4.78 is 19.2. The molecule has 2 aromatic carbocycles. The third-order valence-electron chi connectivity index (χ3n) is 4.19. The highest BCUT2D eigenvalue weighted by atomic mass is 19.1. The van der Waals surface area contributed by atoms with Gasteiger partial charge in [-0.3, -0.25) is 9.59 Å². The van der Waals surface area contributed by atoms with Crippen molar-refractivity contribution in [3.63, 3.8) is 0 Å². The quantitative estimate of drug-likeness (QED) is 0.649. The van der Waals surface area contributed by atoms with Gasteiger partial charge in [0.1, 0.15) is 5.82 Å². The molecule has 1 amide bonds. The van der Waals surface area contributed by atoms with Gasteiger partial charge in [0, 0.05) is 23.5 Å². The van der Waals surface area contributed by atoms with Crippen molar-refractivity contribution >= 4 is 28.5 Å². The Balaban J connectivity index is 1.80. The molecular formula is C21H16FN3O4. The zero-order chi connectivity index (χ0) is 20.8. The lowest BCUT2D eigenvalue weighted by Gasteiger charge is -2.22. The number of aromatic amines is 1. The van der Waals surface area contributed by atoms with E-state index in [9.17, 15) is 18.8 Å². The number of hydrogen-bond acceptors (Lipinski definition) is 5. The zero-order valence-corrected chi connectivity index (χ0v) is 15.2. The van der Waals surface area contributed by atoms with Gasteiger partial charge in [-0.2, -0.15) is 5.26 Å². The summed E-state index contributed by atoms with van der Waals surface area (Å²) in [5, 5.41) is 9.28. The molecule has 1 N–H and O–H groups in total. The van der Waals surface area contributed by atoms with Crippen LogP contribution < -0.4 is 10.5 Å². The number of ether oxygens (including phenoxy) is 1. The molecule has 0 aliphatic heterocycles. The fraction of sp³-hybridized carbons (Fsp3) is 0.143. The van der Waals surface area contributed by atoms with E-state index in [-0.39, 0.29) is 24.2 Å². The largest absolute Gasteiger partial charge is 0.452 e. The summed E-state index contributed by atoms with van der Waals surface area (Å²) in [4.78, 5) is 40.5. The summed E-state index contributed by atoms with van der Waals surface area (Å²) >= 11 is 0. The molecule has 0 saturated carbocycles. The second kappa shape index (κ2) is 8.80. The minimum atomic E-state index is -0.852. The Bertz CT molecular complexity index is 1170. The smallest absolute Gasteiger partial charge is 0.339 e. The van der Waals surface area contributed by atoms with Crippen LogP contribution in [0.3, 0.4) is 0 Å². The number of nitriles is 1.